The van der Waals surface area contributed by atoms with Crippen LogP contribution in [0.3, 0.4) is 0 Å². The van der Waals surface area contributed by atoms with Crippen LogP contribution in [0.5, 0.6) is 0 Å². The first-order valence-electron chi connectivity index (χ1n) is 6.12. The Morgan fingerprint density at radius 3 is 2.94 bits per heavy atom. The van der Waals surface area contributed by atoms with Crippen molar-refractivity contribution in [2.75, 3.05) is 26.2 Å². The van der Waals surface area contributed by atoms with Crippen molar-refractivity contribution in [1.82, 2.24) is 10.6 Å². The van der Waals surface area contributed by atoms with Crippen LogP contribution < -0.4 is 10.6 Å². The van der Waals surface area contributed by atoms with Gasteiger partial charge in [-0.3, -0.25) is 0 Å². The molecule has 0 spiro atoms. The third-order valence-corrected chi connectivity index (χ3v) is 4.47. The minimum absolute atomic E-state index is 0.467. The van der Waals surface area contributed by atoms with Crippen molar-refractivity contribution in [2.24, 2.45) is 0 Å². The van der Waals surface area contributed by atoms with E-state index in [9.17, 15) is 0 Å². The lowest BCUT2D eigenvalue weighted by molar-refractivity contribution is 0.0348. The molecule has 0 bridgehead atoms. The average Bonchev–Trinajstić information content (AvgIpc) is 2.76. The van der Waals surface area contributed by atoms with Crippen molar-refractivity contribution in [3.63, 3.8) is 0 Å². The molecule has 2 rings (SSSR count). The van der Waals surface area contributed by atoms with Gasteiger partial charge in [-0.15, -0.1) is 11.3 Å². The molecule has 0 unspecified atom stereocenters. The van der Waals surface area contributed by atoms with Crippen LogP contribution in [0.4, 0.5) is 0 Å². The molecule has 0 atom stereocenters. The summed E-state index contributed by atoms with van der Waals surface area (Å²) < 4.78 is 7.01. The summed E-state index contributed by atoms with van der Waals surface area (Å²) in [4.78, 5) is 1.36. The van der Waals surface area contributed by atoms with E-state index in [-0.39, 0.29) is 0 Å². The molecule has 1 aromatic rings. The highest BCUT2D eigenvalue weighted by Gasteiger charge is 2.12. The molecule has 2 heterocycles. The third-order valence-electron chi connectivity index (χ3n) is 2.85. The summed E-state index contributed by atoms with van der Waals surface area (Å²) in [7, 11) is 0. The normalized spacial score (nSPS) is 17.5. The Hall–Kier alpha value is 0.0600. The van der Waals surface area contributed by atoms with Crippen molar-refractivity contribution in [3.8, 4) is 0 Å². The molecule has 0 saturated carbocycles. The molecular weight excluding hydrogens is 300 g/mol. The highest BCUT2D eigenvalue weighted by molar-refractivity contribution is 9.11. The first-order chi connectivity index (χ1) is 8.34. The molecule has 5 heteroatoms. The number of halogens is 1. The zero-order valence-electron chi connectivity index (χ0n) is 9.88. The minimum Gasteiger partial charge on any atom is -0.377 e. The molecule has 0 aromatic carbocycles. The van der Waals surface area contributed by atoms with Crippen LogP contribution >= 0.6 is 27.3 Å². The van der Waals surface area contributed by atoms with E-state index in [0.29, 0.717) is 6.10 Å². The van der Waals surface area contributed by atoms with E-state index in [4.69, 9.17) is 4.74 Å². The average molecular weight is 319 g/mol. The van der Waals surface area contributed by atoms with Gasteiger partial charge in [0.2, 0.25) is 0 Å². The number of rotatable bonds is 6. The standard InChI is InChI=1S/C12H19BrN2OS/c13-12-2-1-11(17-12)9-15-7-8-16-10-3-5-14-6-4-10/h1-2,10,14-15H,3-9H2. The fourth-order valence-electron chi connectivity index (χ4n) is 1.92. The molecular formula is C12H19BrN2OS. The van der Waals surface area contributed by atoms with Gasteiger partial charge in [0.05, 0.1) is 16.5 Å². The molecule has 1 saturated heterocycles. The van der Waals surface area contributed by atoms with E-state index >= 15 is 0 Å². The molecule has 0 amide bonds. The molecule has 0 aliphatic carbocycles. The summed E-state index contributed by atoms with van der Waals surface area (Å²) >= 11 is 5.25. The fourth-order valence-corrected chi connectivity index (χ4v) is 3.37. The molecule has 2 N–H and O–H groups in total. The fraction of sp³-hybridized carbons (Fsp3) is 0.667. The van der Waals surface area contributed by atoms with Gasteiger partial charge in [0.25, 0.3) is 0 Å². The second-order valence-corrected chi connectivity index (χ2v) is 6.75. The quantitative estimate of drug-likeness (QED) is 0.790. The monoisotopic (exact) mass is 318 g/mol. The second-order valence-electron chi connectivity index (χ2n) is 4.20. The summed E-state index contributed by atoms with van der Waals surface area (Å²) in [5, 5.41) is 6.74. The van der Waals surface area contributed by atoms with E-state index in [1.807, 2.05) is 0 Å². The van der Waals surface area contributed by atoms with Crippen LogP contribution in [0.25, 0.3) is 0 Å². The zero-order chi connectivity index (χ0) is 11.9. The third kappa shape index (κ3) is 5.06. The van der Waals surface area contributed by atoms with Gasteiger partial charge in [-0.25, -0.2) is 0 Å². The van der Waals surface area contributed by atoms with E-state index in [1.54, 1.807) is 11.3 Å². The maximum absolute atomic E-state index is 5.82. The van der Waals surface area contributed by atoms with Crippen molar-refractivity contribution in [3.05, 3.63) is 20.8 Å². The maximum Gasteiger partial charge on any atom is 0.0701 e. The van der Waals surface area contributed by atoms with Crippen LogP contribution in [0.2, 0.25) is 0 Å². The van der Waals surface area contributed by atoms with Gasteiger partial charge < -0.3 is 15.4 Å². The van der Waals surface area contributed by atoms with Crippen LogP contribution in [-0.4, -0.2) is 32.3 Å². The van der Waals surface area contributed by atoms with Gasteiger partial charge in [-0.05, 0) is 54.0 Å². The van der Waals surface area contributed by atoms with Gasteiger partial charge in [0.15, 0.2) is 0 Å². The van der Waals surface area contributed by atoms with E-state index < -0.39 is 0 Å². The van der Waals surface area contributed by atoms with Gasteiger partial charge in [-0.2, -0.15) is 0 Å². The van der Waals surface area contributed by atoms with Crippen molar-refractivity contribution in [1.29, 1.82) is 0 Å². The molecule has 17 heavy (non-hydrogen) atoms. The highest BCUT2D eigenvalue weighted by Crippen LogP contribution is 2.21. The Bertz CT molecular complexity index is 326. The number of ether oxygens (including phenoxy) is 1. The molecule has 1 aliphatic rings. The van der Waals surface area contributed by atoms with Gasteiger partial charge in [0.1, 0.15) is 0 Å². The smallest absolute Gasteiger partial charge is 0.0701 e. The summed E-state index contributed by atoms with van der Waals surface area (Å²) in [6, 6.07) is 4.24. The lowest BCUT2D eigenvalue weighted by Gasteiger charge is -2.22. The Balaban J connectivity index is 1.51. The van der Waals surface area contributed by atoms with Gasteiger partial charge in [-0.1, -0.05) is 0 Å². The van der Waals surface area contributed by atoms with Crippen molar-refractivity contribution >= 4 is 27.3 Å². The van der Waals surface area contributed by atoms with E-state index in [2.05, 4.69) is 38.7 Å². The first-order valence-corrected chi connectivity index (χ1v) is 7.73. The molecule has 1 aromatic heterocycles. The van der Waals surface area contributed by atoms with Crippen LogP contribution in [0, 0.1) is 0 Å². The molecule has 1 aliphatic heterocycles. The number of hydrogen-bond donors (Lipinski definition) is 2. The van der Waals surface area contributed by atoms with Gasteiger partial charge >= 0.3 is 0 Å². The first kappa shape index (κ1) is 13.5. The Morgan fingerprint density at radius 1 is 1.41 bits per heavy atom. The molecule has 3 nitrogen and oxygen atoms in total. The topological polar surface area (TPSA) is 33.3 Å². The van der Waals surface area contributed by atoms with Crippen LogP contribution in [0.1, 0.15) is 17.7 Å². The molecule has 0 radical (unpaired) electrons. The number of thiophene rings is 1. The Morgan fingerprint density at radius 2 is 2.24 bits per heavy atom. The predicted molar refractivity (Wildman–Crippen MR) is 75.6 cm³/mol. The number of piperidine rings is 1. The number of hydrogen-bond acceptors (Lipinski definition) is 4. The lowest BCUT2D eigenvalue weighted by Crippen LogP contribution is -2.33. The SMILES string of the molecule is Brc1ccc(CNCCOC2CCNCC2)s1. The van der Waals surface area contributed by atoms with Crippen LogP contribution in [0.15, 0.2) is 15.9 Å². The van der Waals surface area contributed by atoms with Crippen LogP contribution in [-0.2, 0) is 11.3 Å². The van der Waals surface area contributed by atoms with Gasteiger partial charge in [0, 0.05) is 18.0 Å². The van der Waals surface area contributed by atoms with Crippen molar-refractivity contribution < 1.29 is 4.74 Å². The highest BCUT2D eigenvalue weighted by atomic mass is 79.9. The maximum atomic E-state index is 5.82. The van der Waals surface area contributed by atoms with E-state index in [0.717, 1.165) is 45.6 Å². The zero-order valence-corrected chi connectivity index (χ0v) is 12.3. The predicted octanol–water partition coefficient (Wildman–Crippen LogP) is 2.37. The largest absolute Gasteiger partial charge is 0.377 e. The van der Waals surface area contributed by atoms with E-state index in [1.165, 1.54) is 8.66 Å². The van der Waals surface area contributed by atoms with Crippen molar-refractivity contribution in [2.45, 2.75) is 25.5 Å². The lowest BCUT2D eigenvalue weighted by atomic mass is 10.1. The Labute approximate surface area is 115 Å². The summed E-state index contributed by atoms with van der Waals surface area (Å²) in [5.41, 5.74) is 0. The number of nitrogens with one attached hydrogen (secondary N) is 2. The second kappa shape index (κ2) is 7.48. The molecule has 96 valence electrons. The minimum atomic E-state index is 0.467. The summed E-state index contributed by atoms with van der Waals surface area (Å²) in [5.74, 6) is 0. The molecule has 1 fully saturated rings. The summed E-state index contributed by atoms with van der Waals surface area (Å²) in [6.07, 6.45) is 2.77. The Kier molecular flexibility index (Phi) is 5.94. The summed E-state index contributed by atoms with van der Waals surface area (Å²) in [6.45, 7) is 4.88.